The second kappa shape index (κ2) is 4.86. The molecule has 0 aliphatic carbocycles. The molecule has 1 aliphatic rings. The van der Waals surface area contributed by atoms with Gasteiger partial charge in [-0.25, -0.2) is 0 Å². The summed E-state index contributed by atoms with van der Waals surface area (Å²) in [5.74, 6) is 0. The molecule has 1 heterocycles. The number of nitro benzene ring substituents is 1. The number of hydrogen-bond acceptors (Lipinski definition) is 5. The van der Waals surface area contributed by atoms with Gasteiger partial charge in [0.05, 0.1) is 4.92 Å². The van der Waals surface area contributed by atoms with Gasteiger partial charge in [-0.3, -0.25) is 14.9 Å². The predicted octanol–water partition coefficient (Wildman–Crippen LogP) is 3.48. The van der Waals surface area contributed by atoms with Crippen LogP contribution in [0.4, 0.5) is 5.69 Å². The number of benzene rings is 1. The SMILES string of the molecule is CC(C)(C)SC(=O)[C@]1(C)O[C@H]1c1ccc([N+](=O)[O-])cc1. The minimum atomic E-state index is -0.825. The summed E-state index contributed by atoms with van der Waals surface area (Å²) in [6, 6.07) is 6.14. The number of ether oxygens (including phenoxy) is 1. The zero-order valence-electron chi connectivity index (χ0n) is 11.9. The summed E-state index contributed by atoms with van der Waals surface area (Å²) in [5, 5.41) is 10.6. The van der Waals surface area contributed by atoms with Gasteiger partial charge in [0.25, 0.3) is 5.69 Å². The summed E-state index contributed by atoms with van der Waals surface area (Å²) in [7, 11) is 0. The third-order valence-electron chi connectivity index (χ3n) is 3.02. The van der Waals surface area contributed by atoms with Crippen molar-refractivity contribution >= 4 is 22.6 Å². The van der Waals surface area contributed by atoms with Crippen molar-refractivity contribution in [3.63, 3.8) is 0 Å². The molecule has 5 nitrogen and oxygen atoms in total. The van der Waals surface area contributed by atoms with E-state index >= 15 is 0 Å². The molecule has 0 N–H and O–H groups in total. The topological polar surface area (TPSA) is 72.7 Å². The smallest absolute Gasteiger partial charge is 0.269 e. The highest BCUT2D eigenvalue weighted by Crippen LogP contribution is 2.53. The van der Waals surface area contributed by atoms with Crippen molar-refractivity contribution in [2.75, 3.05) is 0 Å². The standard InChI is InChI=1S/C14H17NO4S/c1-13(2,3)20-12(16)14(4)11(19-14)9-5-7-10(8-6-9)15(17)18/h5-8,11H,1-4H3/t11-,14+/m0/s1. The first-order valence-corrected chi connectivity index (χ1v) is 7.11. The van der Waals surface area contributed by atoms with Crippen molar-refractivity contribution in [3.05, 3.63) is 39.9 Å². The molecule has 1 aliphatic heterocycles. The molecule has 6 heteroatoms. The lowest BCUT2D eigenvalue weighted by molar-refractivity contribution is -0.384. The van der Waals surface area contributed by atoms with Crippen LogP contribution >= 0.6 is 11.8 Å². The van der Waals surface area contributed by atoms with Crippen molar-refractivity contribution in [1.29, 1.82) is 0 Å². The second-order valence-corrected chi connectivity index (χ2v) is 7.76. The van der Waals surface area contributed by atoms with Crippen LogP contribution in [0.2, 0.25) is 0 Å². The van der Waals surface area contributed by atoms with E-state index in [0.29, 0.717) is 0 Å². The number of epoxide rings is 1. The molecule has 20 heavy (non-hydrogen) atoms. The Bertz CT molecular complexity index is 549. The summed E-state index contributed by atoms with van der Waals surface area (Å²) < 4.78 is 5.40. The van der Waals surface area contributed by atoms with Crippen LogP contribution in [0.3, 0.4) is 0 Å². The van der Waals surface area contributed by atoms with Gasteiger partial charge in [-0.15, -0.1) is 0 Å². The third-order valence-corrected chi connectivity index (χ3v) is 4.22. The quantitative estimate of drug-likeness (QED) is 0.485. The van der Waals surface area contributed by atoms with Crippen LogP contribution in [-0.2, 0) is 9.53 Å². The second-order valence-electron chi connectivity index (χ2n) is 5.96. The van der Waals surface area contributed by atoms with E-state index in [-0.39, 0.29) is 21.7 Å². The number of nitrogens with zero attached hydrogens (tertiary/aromatic N) is 1. The van der Waals surface area contributed by atoms with Crippen molar-refractivity contribution in [3.8, 4) is 0 Å². The largest absolute Gasteiger partial charge is 0.352 e. The van der Waals surface area contributed by atoms with Gasteiger partial charge in [0.2, 0.25) is 5.12 Å². The Morgan fingerprint density at radius 1 is 1.35 bits per heavy atom. The maximum Gasteiger partial charge on any atom is 0.269 e. The average Bonchev–Trinajstić information content (AvgIpc) is 3.01. The van der Waals surface area contributed by atoms with Crippen LogP contribution in [0.15, 0.2) is 24.3 Å². The molecule has 0 unspecified atom stereocenters. The molecular weight excluding hydrogens is 278 g/mol. The Labute approximate surface area is 121 Å². The van der Waals surface area contributed by atoms with Gasteiger partial charge in [-0.1, -0.05) is 32.5 Å². The third kappa shape index (κ3) is 3.02. The molecule has 1 fully saturated rings. The number of hydrogen-bond donors (Lipinski definition) is 0. The Morgan fingerprint density at radius 2 is 1.90 bits per heavy atom. The molecule has 1 saturated heterocycles. The molecule has 0 radical (unpaired) electrons. The highest BCUT2D eigenvalue weighted by molar-refractivity contribution is 8.15. The summed E-state index contributed by atoms with van der Waals surface area (Å²) in [4.78, 5) is 22.4. The van der Waals surface area contributed by atoms with Crippen LogP contribution in [0.5, 0.6) is 0 Å². The molecule has 0 spiro atoms. The summed E-state index contributed by atoms with van der Waals surface area (Å²) in [5.41, 5.74) is 0.00103. The molecular formula is C14H17NO4S. The maximum atomic E-state index is 12.2. The number of carbonyl (C=O) groups excluding carboxylic acids is 1. The van der Waals surface area contributed by atoms with E-state index in [1.165, 1.54) is 23.9 Å². The Kier molecular flexibility index (Phi) is 3.64. The Balaban J connectivity index is 2.10. The maximum absolute atomic E-state index is 12.2. The number of carbonyl (C=O) groups is 1. The van der Waals surface area contributed by atoms with E-state index in [9.17, 15) is 14.9 Å². The first kappa shape index (κ1) is 15.0. The molecule has 0 saturated carbocycles. The van der Waals surface area contributed by atoms with Gasteiger partial charge in [0, 0.05) is 16.9 Å². The first-order chi connectivity index (χ1) is 9.13. The lowest BCUT2D eigenvalue weighted by Crippen LogP contribution is -2.23. The van der Waals surface area contributed by atoms with Crippen LogP contribution in [0, 0.1) is 10.1 Å². The lowest BCUT2D eigenvalue weighted by Gasteiger charge is -2.17. The lowest BCUT2D eigenvalue weighted by atomic mass is 10.0. The minimum absolute atomic E-state index is 0.00615. The molecule has 2 atom stereocenters. The van der Waals surface area contributed by atoms with Crippen LogP contribution in [0.1, 0.15) is 39.4 Å². The van der Waals surface area contributed by atoms with Crippen molar-refractivity contribution < 1.29 is 14.5 Å². The van der Waals surface area contributed by atoms with Gasteiger partial charge in [-0.2, -0.15) is 0 Å². The normalized spacial score (nSPS) is 25.3. The molecule has 0 amide bonds. The minimum Gasteiger partial charge on any atom is -0.352 e. The molecule has 1 aromatic carbocycles. The van der Waals surface area contributed by atoms with E-state index in [2.05, 4.69) is 0 Å². The molecule has 1 aromatic rings. The summed E-state index contributed by atoms with van der Waals surface area (Å²) in [6.07, 6.45) is -0.314. The van der Waals surface area contributed by atoms with Crippen LogP contribution in [0.25, 0.3) is 0 Å². The zero-order chi connectivity index (χ0) is 15.1. The monoisotopic (exact) mass is 295 g/mol. The van der Waals surface area contributed by atoms with Gasteiger partial charge < -0.3 is 4.74 Å². The van der Waals surface area contributed by atoms with Gasteiger partial charge in [0.15, 0.2) is 5.60 Å². The fraction of sp³-hybridized carbons (Fsp3) is 0.500. The zero-order valence-corrected chi connectivity index (χ0v) is 12.7. The van der Waals surface area contributed by atoms with Gasteiger partial charge >= 0.3 is 0 Å². The van der Waals surface area contributed by atoms with E-state index in [4.69, 9.17) is 4.74 Å². The summed E-state index contributed by atoms with van der Waals surface area (Å²) >= 11 is 1.26. The highest BCUT2D eigenvalue weighted by Gasteiger charge is 2.59. The van der Waals surface area contributed by atoms with Crippen LogP contribution < -0.4 is 0 Å². The highest BCUT2D eigenvalue weighted by atomic mass is 32.2. The molecule has 0 bridgehead atoms. The van der Waals surface area contributed by atoms with Gasteiger partial charge in [-0.05, 0) is 24.6 Å². The average molecular weight is 295 g/mol. The van der Waals surface area contributed by atoms with Crippen molar-refractivity contribution in [2.24, 2.45) is 0 Å². The Hall–Kier alpha value is -1.40. The fourth-order valence-corrected chi connectivity index (χ4v) is 2.82. The molecule has 0 aromatic heterocycles. The van der Waals surface area contributed by atoms with E-state index in [0.717, 1.165) is 5.56 Å². The van der Waals surface area contributed by atoms with Gasteiger partial charge in [0.1, 0.15) is 6.10 Å². The Morgan fingerprint density at radius 3 is 2.35 bits per heavy atom. The molecule has 2 rings (SSSR count). The number of rotatable bonds is 3. The van der Waals surface area contributed by atoms with Crippen LogP contribution in [-0.4, -0.2) is 20.4 Å². The van der Waals surface area contributed by atoms with E-state index in [1.807, 2.05) is 20.8 Å². The number of thioether (sulfide) groups is 1. The predicted molar refractivity (Wildman–Crippen MR) is 77.7 cm³/mol. The number of nitro groups is 1. The van der Waals surface area contributed by atoms with E-state index < -0.39 is 10.5 Å². The summed E-state index contributed by atoms with van der Waals surface area (Å²) in [6.45, 7) is 7.69. The molecule has 108 valence electrons. The first-order valence-electron chi connectivity index (χ1n) is 6.29. The van der Waals surface area contributed by atoms with E-state index in [1.54, 1.807) is 19.1 Å². The van der Waals surface area contributed by atoms with Crippen molar-refractivity contribution in [1.82, 2.24) is 0 Å². The number of non-ortho nitro benzene ring substituents is 1. The fourth-order valence-electron chi connectivity index (χ4n) is 1.90. The van der Waals surface area contributed by atoms with Crippen molar-refractivity contribution in [2.45, 2.75) is 44.1 Å².